The fourth-order valence-corrected chi connectivity index (χ4v) is 4.64. The van der Waals surface area contributed by atoms with E-state index in [9.17, 15) is 14.4 Å². The number of benzene rings is 2. The molecular formula is C25H24N4O3. The Morgan fingerprint density at radius 1 is 0.875 bits per heavy atom. The molecule has 2 aliphatic rings. The van der Waals surface area contributed by atoms with Gasteiger partial charge in [-0.05, 0) is 25.1 Å². The number of anilines is 1. The highest BCUT2D eigenvalue weighted by molar-refractivity contribution is 6.44. The Bertz CT molecular complexity index is 1270. The molecule has 2 aromatic carbocycles. The van der Waals surface area contributed by atoms with Gasteiger partial charge in [0.05, 0.1) is 5.57 Å². The van der Waals surface area contributed by atoms with Gasteiger partial charge in [-0.2, -0.15) is 0 Å². The number of carbonyl (C=O) groups is 3. The number of carbonyl (C=O) groups excluding carboxylic acids is 3. The number of nitrogens with zero attached hydrogens (tertiary/aromatic N) is 3. The molecule has 0 spiro atoms. The van der Waals surface area contributed by atoms with Gasteiger partial charge in [-0.15, -0.1) is 0 Å². The monoisotopic (exact) mass is 428 g/mol. The quantitative estimate of drug-likeness (QED) is 0.514. The van der Waals surface area contributed by atoms with E-state index in [2.05, 4.69) is 9.88 Å². The second kappa shape index (κ2) is 7.67. The van der Waals surface area contributed by atoms with Crippen LogP contribution in [0.3, 0.4) is 0 Å². The first-order valence-electron chi connectivity index (χ1n) is 10.7. The Balaban J connectivity index is 1.51. The lowest BCUT2D eigenvalue weighted by molar-refractivity contribution is -0.137. The highest BCUT2D eigenvalue weighted by Gasteiger charge is 2.43. The summed E-state index contributed by atoms with van der Waals surface area (Å²) in [5, 5.41) is 0.829. The molecule has 2 aliphatic heterocycles. The molecule has 5 rings (SSSR count). The summed E-state index contributed by atoms with van der Waals surface area (Å²) < 4.78 is 0. The maximum absolute atomic E-state index is 13.5. The van der Waals surface area contributed by atoms with Crippen molar-refractivity contribution in [2.45, 2.75) is 6.92 Å². The van der Waals surface area contributed by atoms with Gasteiger partial charge in [0.1, 0.15) is 5.57 Å². The number of rotatable bonds is 3. The van der Waals surface area contributed by atoms with Gasteiger partial charge in [-0.1, -0.05) is 36.4 Å². The third kappa shape index (κ3) is 3.09. The highest BCUT2D eigenvalue weighted by atomic mass is 16.2. The minimum atomic E-state index is -0.537. The van der Waals surface area contributed by atoms with Gasteiger partial charge < -0.3 is 14.8 Å². The average Bonchev–Trinajstić information content (AvgIpc) is 3.27. The van der Waals surface area contributed by atoms with E-state index in [-0.39, 0.29) is 17.1 Å². The predicted molar refractivity (Wildman–Crippen MR) is 123 cm³/mol. The van der Waals surface area contributed by atoms with E-state index < -0.39 is 11.8 Å². The minimum Gasteiger partial charge on any atom is -0.368 e. The normalized spacial score (nSPS) is 17.1. The number of aromatic amines is 1. The highest BCUT2D eigenvalue weighted by Crippen LogP contribution is 2.36. The van der Waals surface area contributed by atoms with Crippen LogP contribution in [0.2, 0.25) is 0 Å². The van der Waals surface area contributed by atoms with Crippen LogP contribution in [0.25, 0.3) is 16.5 Å². The van der Waals surface area contributed by atoms with Crippen molar-refractivity contribution in [2.24, 2.45) is 0 Å². The molecule has 162 valence electrons. The first kappa shape index (κ1) is 20.1. The fourth-order valence-electron chi connectivity index (χ4n) is 4.64. The lowest BCUT2D eigenvalue weighted by Gasteiger charge is -2.36. The number of likely N-dealkylation sites (N-methyl/N-ethyl adjacent to an activating group) is 1. The molecule has 1 fully saturated rings. The average molecular weight is 428 g/mol. The lowest BCUT2D eigenvalue weighted by atomic mass is 9.97. The number of hydrogen-bond acceptors (Lipinski definition) is 4. The standard InChI is InChI=1S/C25H24N4O3/c1-16-20(18-10-6-7-11-19(18)26-16)21-22(24(31)27(2)23(21)30)25(32)29-14-12-28(13-15-29)17-8-4-3-5-9-17/h3-11,26H,12-15H2,1-2H3. The molecule has 7 heteroatoms. The van der Waals surface area contributed by atoms with Gasteiger partial charge in [-0.25, -0.2) is 0 Å². The van der Waals surface area contributed by atoms with Crippen molar-refractivity contribution < 1.29 is 14.4 Å². The van der Waals surface area contributed by atoms with Crippen LogP contribution in [0, 0.1) is 6.92 Å². The summed E-state index contributed by atoms with van der Waals surface area (Å²) >= 11 is 0. The van der Waals surface area contributed by atoms with E-state index in [1.807, 2.05) is 61.5 Å². The second-order valence-corrected chi connectivity index (χ2v) is 8.20. The van der Waals surface area contributed by atoms with Gasteiger partial charge in [0.25, 0.3) is 17.7 Å². The Morgan fingerprint density at radius 3 is 2.25 bits per heavy atom. The van der Waals surface area contributed by atoms with Gasteiger partial charge in [0.15, 0.2) is 0 Å². The molecule has 0 atom stereocenters. The molecule has 0 unspecified atom stereocenters. The molecule has 0 radical (unpaired) electrons. The summed E-state index contributed by atoms with van der Waals surface area (Å²) in [7, 11) is 1.43. The zero-order chi connectivity index (χ0) is 22.4. The lowest BCUT2D eigenvalue weighted by Crippen LogP contribution is -2.49. The number of para-hydroxylation sites is 2. The fraction of sp³-hybridized carbons (Fsp3) is 0.240. The van der Waals surface area contributed by atoms with Crippen molar-refractivity contribution in [1.82, 2.24) is 14.8 Å². The second-order valence-electron chi connectivity index (χ2n) is 8.20. The Labute approximate surface area is 185 Å². The molecule has 0 saturated carbocycles. The van der Waals surface area contributed by atoms with Crippen molar-refractivity contribution in [3.05, 3.63) is 71.4 Å². The summed E-state index contributed by atoms with van der Waals surface area (Å²) in [4.78, 5) is 47.9. The molecule has 1 N–H and O–H groups in total. The van der Waals surface area contributed by atoms with Crippen LogP contribution in [-0.2, 0) is 14.4 Å². The molecule has 1 aromatic heterocycles. The number of imide groups is 1. The number of H-pyrrole nitrogens is 1. The number of aromatic nitrogens is 1. The van der Waals surface area contributed by atoms with Crippen LogP contribution in [-0.4, -0.2) is 65.7 Å². The molecular weight excluding hydrogens is 404 g/mol. The van der Waals surface area contributed by atoms with Gasteiger partial charge in [0, 0.05) is 61.1 Å². The first-order valence-corrected chi connectivity index (χ1v) is 10.7. The zero-order valence-electron chi connectivity index (χ0n) is 18.1. The predicted octanol–water partition coefficient (Wildman–Crippen LogP) is 2.58. The van der Waals surface area contributed by atoms with E-state index in [1.165, 1.54) is 7.05 Å². The van der Waals surface area contributed by atoms with Gasteiger partial charge in [0.2, 0.25) is 0 Å². The van der Waals surface area contributed by atoms with Crippen molar-refractivity contribution in [3.8, 4) is 0 Å². The summed E-state index contributed by atoms with van der Waals surface area (Å²) in [6, 6.07) is 17.7. The largest absolute Gasteiger partial charge is 0.368 e. The molecule has 3 amide bonds. The molecule has 3 aromatic rings. The van der Waals surface area contributed by atoms with Gasteiger partial charge in [-0.3, -0.25) is 19.3 Å². The third-order valence-corrected chi connectivity index (χ3v) is 6.33. The number of hydrogen-bond donors (Lipinski definition) is 1. The summed E-state index contributed by atoms with van der Waals surface area (Å²) in [5.74, 6) is -1.35. The van der Waals surface area contributed by atoms with Crippen molar-refractivity contribution in [3.63, 3.8) is 0 Å². The minimum absolute atomic E-state index is 0.0292. The van der Waals surface area contributed by atoms with Crippen LogP contribution in [0.5, 0.6) is 0 Å². The zero-order valence-corrected chi connectivity index (χ0v) is 18.1. The van der Waals surface area contributed by atoms with Crippen molar-refractivity contribution in [1.29, 1.82) is 0 Å². The number of piperazine rings is 1. The Hall–Kier alpha value is -3.87. The number of fused-ring (bicyclic) bond motifs is 1. The molecule has 0 aliphatic carbocycles. The van der Waals surface area contributed by atoms with E-state index in [0.717, 1.165) is 27.2 Å². The SMILES string of the molecule is Cc1[nH]c2ccccc2c1C1=C(C(=O)N2CCN(c3ccccc3)CC2)C(=O)N(C)C1=O. The van der Waals surface area contributed by atoms with E-state index in [0.29, 0.717) is 31.7 Å². The Morgan fingerprint density at radius 2 is 1.53 bits per heavy atom. The van der Waals surface area contributed by atoms with E-state index in [1.54, 1.807) is 4.90 Å². The van der Waals surface area contributed by atoms with E-state index in [4.69, 9.17) is 0 Å². The van der Waals surface area contributed by atoms with Crippen LogP contribution < -0.4 is 4.90 Å². The first-order chi connectivity index (χ1) is 15.5. The molecule has 3 heterocycles. The molecule has 7 nitrogen and oxygen atoms in total. The molecule has 1 saturated heterocycles. The van der Waals surface area contributed by atoms with Crippen molar-refractivity contribution >= 4 is 39.9 Å². The topological polar surface area (TPSA) is 76.7 Å². The van der Waals surface area contributed by atoms with Crippen LogP contribution in [0.15, 0.2) is 60.2 Å². The summed E-state index contributed by atoms with van der Waals surface area (Å²) in [6.07, 6.45) is 0. The smallest absolute Gasteiger partial charge is 0.266 e. The Kier molecular flexibility index (Phi) is 4.81. The number of amides is 3. The number of nitrogens with one attached hydrogen (secondary N) is 1. The number of aryl methyl sites for hydroxylation is 1. The summed E-state index contributed by atoms with van der Waals surface area (Å²) in [6.45, 7) is 4.18. The summed E-state index contributed by atoms with van der Waals surface area (Å²) in [5.41, 5.74) is 3.54. The van der Waals surface area contributed by atoms with Crippen LogP contribution in [0.4, 0.5) is 5.69 Å². The van der Waals surface area contributed by atoms with Gasteiger partial charge >= 0.3 is 0 Å². The van der Waals surface area contributed by atoms with Crippen molar-refractivity contribution in [2.75, 3.05) is 38.1 Å². The molecule has 32 heavy (non-hydrogen) atoms. The van der Waals surface area contributed by atoms with Crippen LogP contribution >= 0.6 is 0 Å². The van der Waals surface area contributed by atoms with E-state index >= 15 is 0 Å². The maximum Gasteiger partial charge on any atom is 0.266 e. The maximum atomic E-state index is 13.5. The van der Waals surface area contributed by atoms with Crippen LogP contribution in [0.1, 0.15) is 11.3 Å². The third-order valence-electron chi connectivity index (χ3n) is 6.33. The molecule has 0 bridgehead atoms.